The molecule has 6 atom stereocenters. The number of epoxide rings is 1. The number of hydrogen-bond donors (Lipinski definition) is 0. The third kappa shape index (κ3) is 3.92. The Kier molecular flexibility index (Phi) is 5.81. The van der Waals surface area contributed by atoms with E-state index in [0.717, 1.165) is 0 Å². The summed E-state index contributed by atoms with van der Waals surface area (Å²) >= 11 is 0. The largest absolute Gasteiger partial charge is 0.413 e. The van der Waals surface area contributed by atoms with Gasteiger partial charge in [0.2, 0.25) is 5.91 Å². The molecule has 1 saturated carbocycles. The van der Waals surface area contributed by atoms with E-state index >= 15 is 0 Å². The number of amides is 1. The number of rotatable bonds is 5. The van der Waals surface area contributed by atoms with Crippen LogP contribution in [0.3, 0.4) is 0 Å². The molecule has 1 aliphatic carbocycles. The third-order valence-electron chi connectivity index (χ3n) is 8.93. The molecule has 0 aromatic rings. The average molecular weight is 440 g/mol. The van der Waals surface area contributed by atoms with Gasteiger partial charge in [0.05, 0.1) is 24.2 Å². The minimum atomic E-state index is -1.94. The topological polar surface area (TPSA) is 42.1 Å². The zero-order valence-corrected chi connectivity index (χ0v) is 22.8. The van der Waals surface area contributed by atoms with Crippen LogP contribution in [0.15, 0.2) is 0 Å². The molecule has 3 rings (SSSR count). The van der Waals surface area contributed by atoms with E-state index in [2.05, 4.69) is 79.2 Å². The van der Waals surface area contributed by atoms with Crippen LogP contribution in [0.2, 0.25) is 36.3 Å². The van der Waals surface area contributed by atoms with E-state index in [1.807, 2.05) is 0 Å². The van der Waals surface area contributed by atoms with Crippen LogP contribution in [0.1, 0.15) is 67.7 Å². The molecule has 0 aromatic heterocycles. The molecule has 168 valence electrons. The minimum Gasteiger partial charge on any atom is -0.413 e. The first-order chi connectivity index (χ1) is 13.0. The third-order valence-corrected chi connectivity index (χ3v) is 18.9. The minimum absolute atomic E-state index is 0.00815. The second-order valence-corrected chi connectivity index (χ2v) is 22.7. The van der Waals surface area contributed by atoms with Crippen molar-refractivity contribution >= 4 is 22.5 Å². The average Bonchev–Trinajstić information content (AvgIpc) is 3.28. The van der Waals surface area contributed by atoms with Gasteiger partial charge in [-0.05, 0) is 42.9 Å². The molecular formula is C23H45NO3Si2. The Morgan fingerprint density at radius 3 is 2.14 bits per heavy atom. The van der Waals surface area contributed by atoms with E-state index in [0.29, 0.717) is 30.1 Å². The van der Waals surface area contributed by atoms with Gasteiger partial charge in [-0.3, -0.25) is 4.79 Å². The van der Waals surface area contributed by atoms with Crippen molar-refractivity contribution in [2.24, 2.45) is 11.8 Å². The quantitative estimate of drug-likeness (QED) is 0.309. The fourth-order valence-corrected chi connectivity index (χ4v) is 8.99. The lowest BCUT2D eigenvalue weighted by molar-refractivity contribution is -0.159. The molecule has 6 heteroatoms. The number of carbonyl (C=O) groups is 1. The van der Waals surface area contributed by atoms with Gasteiger partial charge in [-0.1, -0.05) is 61.1 Å². The van der Waals surface area contributed by atoms with Gasteiger partial charge in [0.15, 0.2) is 16.6 Å². The maximum Gasteiger partial charge on any atom is 0.222 e. The lowest BCUT2D eigenvalue weighted by atomic mass is 9.72. The number of β-lactam (4-membered cyclic amide) rings is 1. The Bertz CT molecular complexity index is 649. The van der Waals surface area contributed by atoms with Crippen LogP contribution in [0, 0.1) is 11.8 Å². The first-order valence-corrected chi connectivity index (χ1v) is 17.5. The molecule has 0 spiro atoms. The smallest absolute Gasteiger partial charge is 0.222 e. The van der Waals surface area contributed by atoms with Gasteiger partial charge in [0, 0.05) is 12.0 Å². The van der Waals surface area contributed by atoms with E-state index in [1.54, 1.807) is 0 Å². The summed E-state index contributed by atoms with van der Waals surface area (Å²) in [7, 11) is -3.87. The molecule has 4 nitrogen and oxygen atoms in total. The Balaban J connectivity index is 1.89. The summed E-state index contributed by atoms with van der Waals surface area (Å²) in [5, 5.41) is 0.298. The molecule has 0 unspecified atom stereocenters. The van der Waals surface area contributed by atoms with Crippen LogP contribution in [0.4, 0.5) is 0 Å². The number of nitrogens with zero attached hydrogens (tertiary/aromatic N) is 1. The van der Waals surface area contributed by atoms with Crippen LogP contribution >= 0.6 is 0 Å². The molecule has 1 amide bonds. The normalized spacial score (nSPS) is 34.5. The van der Waals surface area contributed by atoms with Gasteiger partial charge in [0.25, 0.3) is 0 Å². The van der Waals surface area contributed by atoms with Crippen LogP contribution in [-0.4, -0.2) is 51.4 Å². The molecule has 29 heavy (non-hydrogen) atoms. The first-order valence-electron chi connectivity index (χ1n) is 11.7. The van der Waals surface area contributed by atoms with Crippen LogP contribution in [0.25, 0.3) is 0 Å². The van der Waals surface area contributed by atoms with Crippen LogP contribution in [-0.2, 0) is 14.0 Å². The Morgan fingerprint density at radius 2 is 1.62 bits per heavy atom. The van der Waals surface area contributed by atoms with Crippen molar-refractivity contribution in [3.05, 3.63) is 0 Å². The highest BCUT2D eigenvalue weighted by Crippen LogP contribution is 2.53. The van der Waals surface area contributed by atoms with Crippen molar-refractivity contribution in [2.45, 2.75) is 128 Å². The van der Waals surface area contributed by atoms with Crippen molar-refractivity contribution in [3.63, 3.8) is 0 Å². The summed E-state index contributed by atoms with van der Waals surface area (Å²) in [6.45, 7) is 25.3. The molecule has 2 saturated heterocycles. The lowest BCUT2D eigenvalue weighted by Crippen LogP contribution is -2.77. The van der Waals surface area contributed by atoms with Gasteiger partial charge < -0.3 is 13.7 Å². The summed E-state index contributed by atoms with van der Waals surface area (Å²) in [4.78, 5) is 13.7. The molecule has 0 aromatic carbocycles. The standard InChI is InChI=1S/C23H45NO3Si2/c1-15(27-29(10,11)23(5,6)7)18-19(16-13-12-14-17-20(16)26-17)24(21(18)25)28(8,9)22(2,3)4/h15-20H,12-14H2,1-11H3/t15-,16-,17-,18-,19-,20+/m1/s1. The predicted octanol–water partition coefficient (Wildman–Crippen LogP) is 5.80. The molecule has 3 fully saturated rings. The maximum atomic E-state index is 13.7. The number of carbonyl (C=O) groups excluding carboxylic acids is 1. The van der Waals surface area contributed by atoms with E-state index in [1.165, 1.54) is 19.3 Å². The Morgan fingerprint density at radius 1 is 1.03 bits per heavy atom. The molecule has 0 bridgehead atoms. The summed E-state index contributed by atoms with van der Waals surface area (Å²) in [5.41, 5.74) is 0. The second kappa shape index (κ2) is 7.17. The van der Waals surface area contributed by atoms with E-state index < -0.39 is 16.6 Å². The number of hydrogen-bond acceptors (Lipinski definition) is 3. The zero-order valence-electron chi connectivity index (χ0n) is 20.8. The first kappa shape index (κ1) is 23.5. The lowest BCUT2D eigenvalue weighted by Gasteiger charge is -2.62. The summed E-state index contributed by atoms with van der Waals surface area (Å²) in [6.07, 6.45) is 4.41. The highest BCUT2D eigenvalue weighted by atomic mass is 28.4. The summed E-state index contributed by atoms with van der Waals surface area (Å²) < 4.78 is 15.2. The fourth-order valence-electron chi connectivity index (χ4n) is 5.04. The van der Waals surface area contributed by atoms with Crippen LogP contribution < -0.4 is 0 Å². The van der Waals surface area contributed by atoms with Crippen molar-refractivity contribution in [1.82, 2.24) is 4.57 Å². The Labute approximate surface area is 181 Å². The van der Waals surface area contributed by atoms with Crippen molar-refractivity contribution in [2.75, 3.05) is 0 Å². The van der Waals surface area contributed by atoms with E-state index in [4.69, 9.17) is 9.16 Å². The number of ether oxygens (including phenoxy) is 1. The Hall–Kier alpha value is -0.176. The van der Waals surface area contributed by atoms with Crippen molar-refractivity contribution in [1.29, 1.82) is 0 Å². The second-order valence-electron chi connectivity index (χ2n) is 12.9. The van der Waals surface area contributed by atoms with Gasteiger partial charge in [-0.25, -0.2) is 0 Å². The van der Waals surface area contributed by atoms with Gasteiger partial charge >= 0.3 is 0 Å². The van der Waals surface area contributed by atoms with E-state index in [-0.39, 0.29) is 22.1 Å². The van der Waals surface area contributed by atoms with Crippen LogP contribution in [0.5, 0.6) is 0 Å². The van der Waals surface area contributed by atoms with Crippen molar-refractivity contribution < 1.29 is 14.0 Å². The summed E-state index contributed by atoms with van der Waals surface area (Å²) in [6, 6.07) is 0.290. The molecule has 0 N–H and O–H groups in total. The number of fused-ring (bicyclic) bond motifs is 1. The molecule has 3 aliphatic rings. The monoisotopic (exact) mass is 439 g/mol. The molecule has 2 heterocycles. The molecule has 0 radical (unpaired) electrons. The highest BCUT2D eigenvalue weighted by molar-refractivity contribution is 6.80. The SMILES string of the molecule is C[C@@H](O[Si](C)(C)C(C)(C)C)[C@H]1C(=O)N([Si](C)(C)C(C)(C)C)[C@@H]1[C@H]1CCC[C@H]2O[C@@H]12. The molecule has 2 aliphatic heterocycles. The van der Waals surface area contributed by atoms with Gasteiger partial charge in [0.1, 0.15) is 0 Å². The highest BCUT2D eigenvalue weighted by Gasteiger charge is 2.65. The van der Waals surface area contributed by atoms with Crippen molar-refractivity contribution in [3.8, 4) is 0 Å². The predicted molar refractivity (Wildman–Crippen MR) is 125 cm³/mol. The maximum absolute atomic E-state index is 13.7. The van der Waals surface area contributed by atoms with Gasteiger partial charge in [-0.2, -0.15) is 0 Å². The zero-order chi connectivity index (χ0) is 22.2. The van der Waals surface area contributed by atoms with E-state index in [9.17, 15) is 4.79 Å². The summed E-state index contributed by atoms with van der Waals surface area (Å²) in [5.74, 6) is 0.817. The molecular weight excluding hydrogens is 394 g/mol. The van der Waals surface area contributed by atoms with Gasteiger partial charge in [-0.15, -0.1) is 0 Å². The fraction of sp³-hybridized carbons (Fsp3) is 0.957.